The first-order chi connectivity index (χ1) is 7.77. The van der Waals surface area contributed by atoms with E-state index in [-0.39, 0.29) is 12.2 Å². The van der Waals surface area contributed by atoms with E-state index in [4.69, 9.17) is 4.74 Å². The number of carbonyl (C=O) groups is 1. The van der Waals surface area contributed by atoms with E-state index < -0.39 is 0 Å². The fraction of sp³-hybridized carbons (Fsp3) is 0.462. The van der Waals surface area contributed by atoms with E-state index in [2.05, 4.69) is 19.2 Å². The fourth-order valence-electron chi connectivity index (χ4n) is 1.44. The Hall–Kier alpha value is -1.51. The maximum atomic E-state index is 10.9. The molecule has 1 amide bonds. The second kappa shape index (κ2) is 6.88. The Kier molecular flexibility index (Phi) is 5.40. The summed E-state index contributed by atoms with van der Waals surface area (Å²) in [7, 11) is 0. The van der Waals surface area contributed by atoms with Crippen LogP contribution in [0, 0.1) is 0 Å². The molecule has 1 atom stereocenters. The van der Waals surface area contributed by atoms with Crippen molar-refractivity contribution in [3.8, 4) is 0 Å². The van der Waals surface area contributed by atoms with Crippen LogP contribution < -0.4 is 5.32 Å². The Morgan fingerprint density at radius 2 is 1.94 bits per heavy atom. The molecule has 0 aliphatic carbocycles. The van der Waals surface area contributed by atoms with Crippen molar-refractivity contribution in [1.29, 1.82) is 0 Å². The summed E-state index contributed by atoms with van der Waals surface area (Å²) in [4.78, 5) is 10.9. The Morgan fingerprint density at radius 3 is 2.50 bits per heavy atom. The maximum absolute atomic E-state index is 10.9. The zero-order valence-electron chi connectivity index (χ0n) is 9.90. The predicted octanol–water partition coefficient (Wildman–Crippen LogP) is 3.27. The lowest BCUT2D eigenvalue weighted by atomic mass is 10.1. The molecule has 88 valence electrons. The molecule has 1 N–H and O–H groups in total. The van der Waals surface area contributed by atoms with Crippen LogP contribution in [-0.4, -0.2) is 12.6 Å². The van der Waals surface area contributed by atoms with Gasteiger partial charge in [-0.25, -0.2) is 4.79 Å². The molecule has 16 heavy (non-hydrogen) atoms. The van der Waals surface area contributed by atoms with Crippen molar-refractivity contribution in [1.82, 2.24) is 5.32 Å². The molecule has 1 heterocycles. The Morgan fingerprint density at radius 1 is 1.31 bits per heavy atom. The summed E-state index contributed by atoms with van der Waals surface area (Å²) in [5.41, 5.74) is 1.07. The number of hydrogen-bond donors (Lipinski definition) is 1. The monoisotopic (exact) mass is 221 g/mol. The van der Waals surface area contributed by atoms with Crippen LogP contribution in [0.3, 0.4) is 0 Å². The lowest BCUT2D eigenvalue weighted by Gasteiger charge is -2.23. The van der Waals surface area contributed by atoms with Crippen LogP contribution in [0.15, 0.2) is 30.3 Å². The summed E-state index contributed by atoms with van der Waals surface area (Å²) in [6.07, 6.45) is 1.70. The highest BCUT2D eigenvalue weighted by molar-refractivity contribution is 5.68. The Balaban J connectivity index is 0.000000386. The molecule has 0 aromatic heterocycles. The zero-order valence-corrected chi connectivity index (χ0v) is 9.90. The molecule has 1 aromatic rings. The van der Waals surface area contributed by atoms with Crippen LogP contribution in [0.5, 0.6) is 0 Å². The number of hydrogen-bond acceptors (Lipinski definition) is 2. The largest absolute Gasteiger partial charge is 0.441 e. The van der Waals surface area contributed by atoms with Gasteiger partial charge in [-0.15, -0.1) is 0 Å². The minimum absolute atomic E-state index is 0.0741. The van der Waals surface area contributed by atoms with Crippen molar-refractivity contribution in [2.75, 3.05) is 6.54 Å². The van der Waals surface area contributed by atoms with Gasteiger partial charge in [0.25, 0.3) is 0 Å². The van der Waals surface area contributed by atoms with Crippen molar-refractivity contribution in [2.24, 2.45) is 0 Å². The molecule has 3 heteroatoms. The van der Waals surface area contributed by atoms with Crippen molar-refractivity contribution >= 4 is 6.09 Å². The first-order valence-electron chi connectivity index (χ1n) is 5.77. The van der Waals surface area contributed by atoms with Crippen molar-refractivity contribution < 1.29 is 9.53 Å². The maximum Gasteiger partial charge on any atom is 0.407 e. The van der Waals surface area contributed by atoms with Gasteiger partial charge < -0.3 is 10.1 Å². The average Bonchev–Trinajstić information content (AvgIpc) is 2.31. The number of carbonyl (C=O) groups excluding carboxylic acids is 1. The van der Waals surface area contributed by atoms with Crippen LogP contribution in [0.1, 0.15) is 38.4 Å². The van der Waals surface area contributed by atoms with Crippen molar-refractivity contribution in [3.63, 3.8) is 0 Å². The van der Waals surface area contributed by atoms with Crippen LogP contribution in [0.25, 0.3) is 0 Å². The summed E-state index contributed by atoms with van der Waals surface area (Å²) in [5, 5.41) is 2.62. The van der Waals surface area contributed by atoms with Gasteiger partial charge in [0.15, 0.2) is 0 Å². The lowest BCUT2D eigenvalue weighted by Crippen LogP contribution is -2.33. The molecule has 1 aliphatic heterocycles. The molecule has 0 radical (unpaired) electrons. The van der Waals surface area contributed by atoms with Gasteiger partial charge in [-0.1, -0.05) is 50.6 Å². The third-order valence-electron chi connectivity index (χ3n) is 2.10. The molecule has 1 fully saturated rings. The second-order valence-corrected chi connectivity index (χ2v) is 3.73. The highest BCUT2D eigenvalue weighted by Gasteiger charge is 2.20. The van der Waals surface area contributed by atoms with E-state index in [0.29, 0.717) is 6.54 Å². The number of amides is 1. The number of alkyl carbamates (subject to hydrolysis) is 1. The molecule has 1 aromatic carbocycles. The normalized spacial score (nSPS) is 18.9. The van der Waals surface area contributed by atoms with Gasteiger partial charge in [0.2, 0.25) is 0 Å². The van der Waals surface area contributed by atoms with Crippen LogP contribution >= 0.6 is 0 Å². The van der Waals surface area contributed by atoms with E-state index in [1.165, 1.54) is 6.42 Å². The molecular weight excluding hydrogens is 202 g/mol. The summed E-state index contributed by atoms with van der Waals surface area (Å²) >= 11 is 0. The van der Waals surface area contributed by atoms with E-state index in [9.17, 15) is 4.79 Å². The Labute approximate surface area is 96.8 Å². The van der Waals surface area contributed by atoms with Gasteiger partial charge in [0.05, 0.1) is 0 Å². The van der Waals surface area contributed by atoms with E-state index in [1.807, 2.05) is 30.3 Å². The molecule has 0 saturated carbocycles. The molecule has 1 unspecified atom stereocenters. The zero-order chi connectivity index (χ0) is 11.8. The van der Waals surface area contributed by atoms with Gasteiger partial charge in [-0.3, -0.25) is 0 Å². The second-order valence-electron chi connectivity index (χ2n) is 3.73. The topological polar surface area (TPSA) is 38.3 Å². The van der Waals surface area contributed by atoms with Gasteiger partial charge in [-0.05, 0) is 5.56 Å². The first-order valence-corrected chi connectivity index (χ1v) is 5.77. The smallest absolute Gasteiger partial charge is 0.407 e. The molecule has 1 saturated heterocycles. The van der Waals surface area contributed by atoms with Crippen molar-refractivity contribution in [3.05, 3.63) is 35.9 Å². The summed E-state index contributed by atoms with van der Waals surface area (Å²) in [5.74, 6) is 0. The summed E-state index contributed by atoms with van der Waals surface area (Å²) < 4.78 is 5.12. The van der Waals surface area contributed by atoms with Gasteiger partial charge in [0, 0.05) is 13.0 Å². The van der Waals surface area contributed by atoms with Gasteiger partial charge in [-0.2, -0.15) is 0 Å². The number of cyclic esters (lactones) is 1. The minimum atomic E-state index is -0.319. The minimum Gasteiger partial charge on any atom is -0.441 e. The highest BCUT2D eigenvalue weighted by Crippen LogP contribution is 2.22. The number of benzene rings is 1. The molecule has 1 aliphatic rings. The van der Waals surface area contributed by atoms with Crippen LogP contribution in [0.2, 0.25) is 0 Å². The first kappa shape index (κ1) is 12.6. The molecular formula is C13H19NO2. The molecule has 3 nitrogen and oxygen atoms in total. The van der Waals surface area contributed by atoms with E-state index >= 15 is 0 Å². The molecule has 0 bridgehead atoms. The Bertz CT molecular complexity index is 311. The predicted molar refractivity (Wildman–Crippen MR) is 64.2 cm³/mol. The van der Waals surface area contributed by atoms with Gasteiger partial charge in [0.1, 0.15) is 6.10 Å². The number of ether oxygens (including phenoxy) is 1. The average molecular weight is 221 g/mol. The van der Waals surface area contributed by atoms with E-state index in [0.717, 1.165) is 12.0 Å². The van der Waals surface area contributed by atoms with Gasteiger partial charge >= 0.3 is 6.09 Å². The molecule has 2 rings (SSSR count). The van der Waals surface area contributed by atoms with Crippen molar-refractivity contribution in [2.45, 2.75) is 32.8 Å². The highest BCUT2D eigenvalue weighted by atomic mass is 16.6. The SMILES string of the molecule is CCC.O=C1NCCC(c2ccccc2)O1. The number of rotatable bonds is 1. The fourth-order valence-corrected chi connectivity index (χ4v) is 1.44. The van der Waals surface area contributed by atoms with E-state index in [1.54, 1.807) is 0 Å². The summed E-state index contributed by atoms with van der Waals surface area (Å²) in [6.45, 7) is 4.94. The summed E-state index contributed by atoms with van der Waals surface area (Å²) in [6, 6.07) is 9.80. The lowest BCUT2D eigenvalue weighted by molar-refractivity contribution is 0.0739. The third-order valence-corrected chi connectivity index (χ3v) is 2.10. The number of nitrogens with one attached hydrogen (secondary N) is 1. The van der Waals surface area contributed by atoms with Crippen LogP contribution in [0.4, 0.5) is 4.79 Å². The quantitative estimate of drug-likeness (QED) is 0.790. The molecule has 0 spiro atoms. The standard InChI is InChI=1S/C10H11NO2.C3H8/c12-10-11-7-6-9(13-10)8-4-2-1-3-5-8;1-3-2/h1-5,9H,6-7H2,(H,11,12);3H2,1-2H3. The third kappa shape index (κ3) is 3.93. The van der Waals surface area contributed by atoms with Crippen LogP contribution in [-0.2, 0) is 4.74 Å².